The van der Waals surface area contributed by atoms with E-state index in [2.05, 4.69) is 10.3 Å². The third-order valence-corrected chi connectivity index (χ3v) is 3.18. The van der Waals surface area contributed by atoms with Crippen LogP contribution < -0.4 is 10.1 Å². The van der Waals surface area contributed by atoms with Gasteiger partial charge in [-0.05, 0) is 55.8 Å². The molecule has 0 fully saturated rings. The molecule has 2 aromatic rings. The molecule has 0 aliphatic carbocycles. The first kappa shape index (κ1) is 14.1. The van der Waals surface area contributed by atoms with Crippen LogP contribution in [-0.2, 0) is 5.54 Å². The van der Waals surface area contributed by atoms with Crippen LogP contribution in [0.5, 0.6) is 5.75 Å². The minimum atomic E-state index is -0.458. The predicted octanol–water partition coefficient (Wildman–Crippen LogP) is 2.76. The quantitative estimate of drug-likeness (QED) is 0.929. The molecule has 0 saturated carbocycles. The number of amides is 1. The minimum Gasteiger partial charge on any atom is -0.497 e. The fourth-order valence-electron chi connectivity index (χ4n) is 1.94. The van der Waals surface area contributed by atoms with Crippen molar-refractivity contribution >= 4 is 5.91 Å². The molecule has 0 atom stereocenters. The van der Waals surface area contributed by atoms with Gasteiger partial charge < -0.3 is 10.1 Å². The zero-order valence-corrected chi connectivity index (χ0v) is 11.9. The second-order valence-corrected chi connectivity index (χ2v) is 5.04. The Kier molecular flexibility index (Phi) is 4.03. The van der Waals surface area contributed by atoms with Gasteiger partial charge in [0, 0.05) is 18.0 Å². The number of nitrogens with one attached hydrogen (secondary N) is 1. The van der Waals surface area contributed by atoms with Crippen molar-refractivity contribution < 1.29 is 9.53 Å². The topological polar surface area (TPSA) is 51.2 Å². The van der Waals surface area contributed by atoms with Gasteiger partial charge in [-0.15, -0.1) is 0 Å². The van der Waals surface area contributed by atoms with Gasteiger partial charge in [0.1, 0.15) is 5.75 Å². The Labute approximate surface area is 118 Å². The highest BCUT2D eigenvalue weighted by Gasteiger charge is 2.23. The molecule has 0 aliphatic rings. The third-order valence-electron chi connectivity index (χ3n) is 3.18. The van der Waals surface area contributed by atoms with Gasteiger partial charge in [-0.25, -0.2) is 0 Å². The Bertz CT molecular complexity index is 577. The SMILES string of the molecule is COc1ccc(C(=O)NC(C)(C)c2ccncc2)cc1. The summed E-state index contributed by atoms with van der Waals surface area (Å²) in [4.78, 5) is 16.3. The van der Waals surface area contributed by atoms with Gasteiger partial charge in [0.2, 0.25) is 0 Å². The van der Waals surface area contributed by atoms with E-state index in [-0.39, 0.29) is 5.91 Å². The lowest BCUT2D eigenvalue weighted by Crippen LogP contribution is -2.40. The first-order valence-electron chi connectivity index (χ1n) is 6.40. The summed E-state index contributed by atoms with van der Waals surface area (Å²) in [5.74, 6) is 0.615. The molecule has 0 saturated heterocycles. The van der Waals surface area contributed by atoms with E-state index in [0.29, 0.717) is 5.56 Å². The number of methoxy groups -OCH3 is 1. The van der Waals surface area contributed by atoms with E-state index >= 15 is 0 Å². The van der Waals surface area contributed by atoms with E-state index in [0.717, 1.165) is 11.3 Å². The molecule has 20 heavy (non-hydrogen) atoms. The maximum atomic E-state index is 12.3. The van der Waals surface area contributed by atoms with Crippen LogP contribution in [0.2, 0.25) is 0 Å². The van der Waals surface area contributed by atoms with Crippen molar-refractivity contribution in [2.75, 3.05) is 7.11 Å². The van der Waals surface area contributed by atoms with Crippen molar-refractivity contribution in [2.45, 2.75) is 19.4 Å². The number of ether oxygens (including phenoxy) is 1. The lowest BCUT2D eigenvalue weighted by Gasteiger charge is -2.26. The number of carbonyl (C=O) groups is 1. The molecule has 104 valence electrons. The van der Waals surface area contributed by atoms with Crippen molar-refractivity contribution in [2.24, 2.45) is 0 Å². The Balaban J connectivity index is 2.14. The number of hydrogen-bond donors (Lipinski definition) is 1. The van der Waals surface area contributed by atoms with Crippen molar-refractivity contribution in [1.82, 2.24) is 10.3 Å². The number of hydrogen-bond acceptors (Lipinski definition) is 3. The number of aromatic nitrogens is 1. The summed E-state index contributed by atoms with van der Waals surface area (Å²) in [6.45, 7) is 3.92. The molecule has 1 heterocycles. The third kappa shape index (κ3) is 3.15. The molecule has 1 aromatic heterocycles. The molecule has 2 rings (SSSR count). The van der Waals surface area contributed by atoms with Gasteiger partial charge in [-0.3, -0.25) is 9.78 Å². The lowest BCUT2D eigenvalue weighted by molar-refractivity contribution is 0.0912. The minimum absolute atomic E-state index is 0.116. The Morgan fingerprint density at radius 1 is 1.10 bits per heavy atom. The molecule has 0 bridgehead atoms. The van der Waals surface area contributed by atoms with Gasteiger partial charge in [0.05, 0.1) is 12.6 Å². The van der Waals surface area contributed by atoms with Crippen LogP contribution >= 0.6 is 0 Å². The van der Waals surface area contributed by atoms with Crippen LogP contribution in [0.25, 0.3) is 0 Å². The summed E-state index contributed by atoms with van der Waals surface area (Å²) in [6, 6.07) is 10.8. The van der Waals surface area contributed by atoms with Crippen LogP contribution in [0, 0.1) is 0 Å². The van der Waals surface area contributed by atoms with E-state index < -0.39 is 5.54 Å². The molecule has 0 aliphatic heterocycles. The summed E-state index contributed by atoms with van der Waals surface area (Å²) in [6.07, 6.45) is 3.44. The summed E-state index contributed by atoms with van der Waals surface area (Å²) in [5.41, 5.74) is 1.15. The van der Waals surface area contributed by atoms with Gasteiger partial charge in [0.25, 0.3) is 5.91 Å². The number of carbonyl (C=O) groups excluding carboxylic acids is 1. The zero-order valence-electron chi connectivity index (χ0n) is 11.9. The molecule has 1 N–H and O–H groups in total. The van der Waals surface area contributed by atoms with E-state index in [1.54, 1.807) is 43.8 Å². The number of benzene rings is 1. The Hall–Kier alpha value is -2.36. The van der Waals surface area contributed by atoms with E-state index in [1.165, 1.54) is 0 Å². The average molecular weight is 270 g/mol. The highest BCUT2D eigenvalue weighted by molar-refractivity contribution is 5.94. The molecule has 4 heteroatoms. The smallest absolute Gasteiger partial charge is 0.251 e. The highest BCUT2D eigenvalue weighted by atomic mass is 16.5. The molecule has 1 amide bonds. The summed E-state index contributed by atoms with van der Waals surface area (Å²) < 4.78 is 5.08. The predicted molar refractivity (Wildman–Crippen MR) is 77.7 cm³/mol. The summed E-state index contributed by atoms with van der Waals surface area (Å²) in [7, 11) is 1.60. The van der Waals surface area contributed by atoms with E-state index in [4.69, 9.17) is 4.74 Å². The largest absolute Gasteiger partial charge is 0.497 e. The van der Waals surface area contributed by atoms with Gasteiger partial charge >= 0.3 is 0 Å². The lowest BCUT2D eigenvalue weighted by atomic mass is 9.95. The summed E-state index contributed by atoms with van der Waals surface area (Å²) in [5, 5.41) is 3.02. The van der Waals surface area contributed by atoms with E-state index in [1.807, 2.05) is 26.0 Å². The van der Waals surface area contributed by atoms with Gasteiger partial charge in [0.15, 0.2) is 0 Å². The molecule has 0 unspecified atom stereocenters. The van der Waals surface area contributed by atoms with Crippen molar-refractivity contribution in [3.8, 4) is 5.75 Å². The first-order valence-corrected chi connectivity index (χ1v) is 6.40. The first-order chi connectivity index (χ1) is 9.53. The van der Waals surface area contributed by atoms with Crippen LogP contribution in [0.3, 0.4) is 0 Å². The molecule has 4 nitrogen and oxygen atoms in total. The maximum Gasteiger partial charge on any atom is 0.251 e. The number of nitrogens with zero attached hydrogens (tertiary/aromatic N) is 1. The molecular formula is C16H18N2O2. The number of rotatable bonds is 4. The van der Waals surface area contributed by atoms with Crippen molar-refractivity contribution in [3.05, 3.63) is 59.9 Å². The molecule has 0 spiro atoms. The van der Waals surface area contributed by atoms with Crippen LogP contribution in [0.15, 0.2) is 48.8 Å². The second-order valence-electron chi connectivity index (χ2n) is 5.04. The van der Waals surface area contributed by atoms with Gasteiger partial charge in [-0.2, -0.15) is 0 Å². The zero-order chi connectivity index (χ0) is 14.6. The van der Waals surface area contributed by atoms with Crippen LogP contribution in [0.4, 0.5) is 0 Å². The summed E-state index contributed by atoms with van der Waals surface area (Å²) >= 11 is 0. The normalized spacial score (nSPS) is 10.9. The standard InChI is InChI=1S/C16H18N2O2/c1-16(2,13-8-10-17-11-9-13)18-15(19)12-4-6-14(20-3)7-5-12/h4-11H,1-3H3,(H,18,19). The van der Waals surface area contributed by atoms with E-state index in [9.17, 15) is 4.79 Å². The van der Waals surface area contributed by atoms with Gasteiger partial charge in [-0.1, -0.05) is 0 Å². The maximum absolute atomic E-state index is 12.3. The van der Waals surface area contributed by atoms with Crippen LogP contribution in [0.1, 0.15) is 29.8 Å². The molecule has 1 aromatic carbocycles. The Morgan fingerprint density at radius 3 is 2.25 bits per heavy atom. The van der Waals surface area contributed by atoms with Crippen LogP contribution in [-0.4, -0.2) is 18.0 Å². The Morgan fingerprint density at radius 2 is 1.70 bits per heavy atom. The van der Waals surface area contributed by atoms with Crippen molar-refractivity contribution in [1.29, 1.82) is 0 Å². The average Bonchev–Trinajstić information content (AvgIpc) is 2.48. The number of pyridine rings is 1. The van der Waals surface area contributed by atoms with Crippen molar-refractivity contribution in [3.63, 3.8) is 0 Å². The highest BCUT2D eigenvalue weighted by Crippen LogP contribution is 2.20. The second kappa shape index (κ2) is 5.74. The fraction of sp³-hybridized carbons (Fsp3) is 0.250. The monoisotopic (exact) mass is 270 g/mol. The molecule has 0 radical (unpaired) electrons. The molecular weight excluding hydrogens is 252 g/mol. The fourth-order valence-corrected chi connectivity index (χ4v) is 1.94.